The summed E-state index contributed by atoms with van der Waals surface area (Å²) in [5.74, 6) is 1.60. The molecule has 4 heteroatoms. The van der Waals surface area contributed by atoms with Gasteiger partial charge in [-0.25, -0.2) is 4.98 Å². The number of aromatic nitrogens is 1. The molecule has 0 aromatic carbocycles. The average molecular weight is 306 g/mol. The van der Waals surface area contributed by atoms with Gasteiger partial charge in [-0.3, -0.25) is 0 Å². The van der Waals surface area contributed by atoms with E-state index in [-0.39, 0.29) is 5.41 Å². The number of nitrogens with zero attached hydrogens (tertiary/aromatic N) is 1. The molecule has 0 radical (unpaired) electrons. The molecule has 1 rings (SSSR count). The van der Waals surface area contributed by atoms with Gasteiger partial charge < -0.3 is 5.32 Å². The van der Waals surface area contributed by atoms with Gasteiger partial charge in [0.15, 0.2) is 0 Å². The monoisotopic (exact) mass is 304 g/mol. The molecule has 90 valence electrons. The Bertz CT molecular complexity index is 353. The van der Waals surface area contributed by atoms with Crippen molar-refractivity contribution in [3.8, 4) is 0 Å². The van der Waals surface area contributed by atoms with E-state index in [1.165, 1.54) is 5.56 Å². The summed E-state index contributed by atoms with van der Waals surface area (Å²) in [5, 5.41) is 3.36. The second-order valence-corrected chi connectivity index (χ2v) is 5.92. The molecule has 0 unspecified atom stereocenters. The largest absolute Gasteiger partial charge is 0.369 e. The molecule has 16 heavy (non-hydrogen) atoms. The zero-order valence-corrected chi connectivity index (χ0v) is 12.3. The molecule has 1 aromatic rings. The van der Waals surface area contributed by atoms with Crippen LogP contribution in [0.2, 0.25) is 0 Å². The van der Waals surface area contributed by atoms with Crippen LogP contribution in [0.4, 0.5) is 5.82 Å². The van der Waals surface area contributed by atoms with Gasteiger partial charge in [0.05, 0.1) is 4.47 Å². The minimum absolute atomic E-state index is 0.187. The van der Waals surface area contributed by atoms with Crippen molar-refractivity contribution in [1.29, 1.82) is 0 Å². The molecule has 0 aliphatic rings. The lowest BCUT2D eigenvalue weighted by Gasteiger charge is -2.24. The topological polar surface area (TPSA) is 24.9 Å². The minimum Gasteiger partial charge on any atom is -0.369 e. The first kappa shape index (κ1) is 13.8. The number of nitrogens with one attached hydrogen (secondary N) is 1. The van der Waals surface area contributed by atoms with Gasteiger partial charge in [-0.15, -0.1) is 11.6 Å². The normalized spacial score (nSPS) is 11.6. The van der Waals surface area contributed by atoms with Crippen molar-refractivity contribution in [2.75, 3.05) is 17.7 Å². The van der Waals surface area contributed by atoms with Crippen LogP contribution in [0.5, 0.6) is 0 Å². The van der Waals surface area contributed by atoms with E-state index >= 15 is 0 Å². The van der Waals surface area contributed by atoms with Crippen LogP contribution in [0.3, 0.4) is 0 Å². The van der Waals surface area contributed by atoms with Crippen LogP contribution in [-0.2, 0) is 0 Å². The van der Waals surface area contributed by atoms with Crippen LogP contribution in [0.1, 0.15) is 25.8 Å². The maximum absolute atomic E-state index is 5.77. The van der Waals surface area contributed by atoms with Crippen LogP contribution >= 0.6 is 27.5 Å². The van der Waals surface area contributed by atoms with Crippen molar-refractivity contribution in [2.45, 2.75) is 27.2 Å². The molecule has 0 atom stereocenters. The third-order valence-corrected chi connectivity index (χ3v) is 3.78. The Balaban J connectivity index is 2.64. The van der Waals surface area contributed by atoms with Crippen LogP contribution < -0.4 is 5.32 Å². The Morgan fingerprint density at radius 3 is 2.81 bits per heavy atom. The van der Waals surface area contributed by atoms with Crippen molar-refractivity contribution < 1.29 is 0 Å². The zero-order chi connectivity index (χ0) is 12.2. The summed E-state index contributed by atoms with van der Waals surface area (Å²) in [6.07, 6.45) is 2.81. The van der Waals surface area contributed by atoms with Gasteiger partial charge in [0.25, 0.3) is 0 Å². The van der Waals surface area contributed by atoms with E-state index in [2.05, 4.69) is 47.0 Å². The smallest absolute Gasteiger partial charge is 0.140 e. The lowest BCUT2D eigenvalue weighted by molar-refractivity contribution is 0.379. The molecule has 2 nitrogen and oxygen atoms in total. The summed E-state index contributed by atoms with van der Waals surface area (Å²) in [7, 11) is 0. The van der Waals surface area contributed by atoms with Gasteiger partial charge >= 0.3 is 0 Å². The Labute approximate surface area is 111 Å². The molecule has 1 aromatic heterocycles. The summed E-state index contributed by atoms with van der Waals surface area (Å²) in [6.45, 7) is 7.33. The second-order valence-electron chi connectivity index (χ2n) is 4.75. The van der Waals surface area contributed by atoms with Crippen LogP contribution in [0.15, 0.2) is 16.7 Å². The number of rotatable bonds is 5. The van der Waals surface area contributed by atoms with E-state index in [4.69, 9.17) is 11.6 Å². The summed E-state index contributed by atoms with van der Waals surface area (Å²) in [4.78, 5) is 4.31. The van der Waals surface area contributed by atoms with Gasteiger partial charge in [-0.2, -0.15) is 0 Å². The molecule has 1 N–H and O–H groups in total. The Kier molecular flexibility index (Phi) is 5.06. The van der Waals surface area contributed by atoms with E-state index < -0.39 is 0 Å². The number of aryl methyl sites for hydroxylation is 1. The predicted octanol–water partition coefficient (Wildman–Crippen LogP) is 4.22. The lowest BCUT2D eigenvalue weighted by atomic mass is 9.90. The Morgan fingerprint density at radius 2 is 2.19 bits per heavy atom. The number of anilines is 1. The maximum atomic E-state index is 5.77. The van der Waals surface area contributed by atoms with E-state index in [0.29, 0.717) is 5.88 Å². The molecular formula is C12H18BrClN2. The van der Waals surface area contributed by atoms with Gasteiger partial charge in [0.2, 0.25) is 0 Å². The highest BCUT2D eigenvalue weighted by atomic mass is 79.9. The SMILES string of the molecule is Cc1ccnc(NCC(C)(C)CCCl)c1Br. The second kappa shape index (κ2) is 5.87. The number of halogens is 2. The van der Waals surface area contributed by atoms with E-state index in [1.54, 1.807) is 0 Å². The minimum atomic E-state index is 0.187. The summed E-state index contributed by atoms with van der Waals surface area (Å²) in [5.41, 5.74) is 1.37. The summed E-state index contributed by atoms with van der Waals surface area (Å²) >= 11 is 9.31. The molecule has 0 spiro atoms. The third-order valence-electron chi connectivity index (χ3n) is 2.59. The average Bonchev–Trinajstić information content (AvgIpc) is 2.20. The van der Waals surface area contributed by atoms with Gasteiger partial charge in [0.1, 0.15) is 5.82 Å². The standard InChI is InChI=1S/C12H18BrClN2/c1-9-4-7-15-11(10(9)13)16-8-12(2,3)5-6-14/h4,7H,5-6,8H2,1-3H3,(H,15,16). The van der Waals surface area contributed by atoms with Crippen molar-refractivity contribution in [3.63, 3.8) is 0 Å². The van der Waals surface area contributed by atoms with Crippen LogP contribution in [-0.4, -0.2) is 17.4 Å². The number of alkyl halides is 1. The first-order valence-corrected chi connectivity index (χ1v) is 6.70. The Hall–Kier alpha value is -0.280. The van der Waals surface area contributed by atoms with Crippen molar-refractivity contribution in [1.82, 2.24) is 4.98 Å². The molecule has 0 saturated heterocycles. The van der Waals surface area contributed by atoms with Crippen LogP contribution in [0.25, 0.3) is 0 Å². The molecule has 1 heterocycles. The van der Waals surface area contributed by atoms with Crippen molar-refractivity contribution >= 4 is 33.3 Å². The molecule has 0 aliphatic carbocycles. The predicted molar refractivity (Wildman–Crippen MR) is 74.3 cm³/mol. The molecule has 0 amide bonds. The highest BCUT2D eigenvalue weighted by molar-refractivity contribution is 9.10. The number of pyridine rings is 1. The summed E-state index contributed by atoms with van der Waals surface area (Å²) < 4.78 is 1.04. The quantitative estimate of drug-likeness (QED) is 0.824. The van der Waals surface area contributed by atoms with E-state index in [1.807, 2.05) is 12.3 Å². The fraction of sp³-hybridized carbons (Fsp3) is 0.583. The van der Waals surface area contributed by atoms with E-state index in [9.17, 15) is 0 Å². The fourth-order valence-corrected chi connectivity index (χ4v) is 2.22. The van der Waals surface area contributed by atoms with Crippen molar-refractivity contribution in [2.24, 2.45) is 5.41 Å². The van der Waals surface area contributed by atoms with Crippen LogP contribution in [0, 0.1) is 12.3 Å². The molecule has 0 saturated carbocycles. The van der Waals surface area contributed by atoms with Gasteiger partial charge in [0, 0.05) is 18.6 Å². The lowest BCUT2D eigenvalue weighted by Crippen LogP contribution is -2.24. The molecule has 0 fully saturated rings. The van der Waals surface area contributed by atoms with Gasteiger partial charge in [-0.05, 0) is 46.3 Å². The Morgan fingerprint density at radius 1 is 1.50 bits per heavy atom. The highest BCUT2D eigenvalue weighted by Gasteiger charge is 2.17. The van der Waals surface area contributed by atoms with E-state index in [0.717, 1.165) is 23.3 Å². The first-order chi connectivity index (χ1) is 7.46. The highest BCUT2D eigenvalue weighted by Crippen LogP contribution is 2.26. The molecule has 0 bridgehead atoms. The summed E-state index contributed by atoms with van der Waals surface area (Å²) in [6, 6.07) is 1.99. The number of hydrogen-bond acceptors (Lipinski definition) is 2. The number of hydrogen-bond donors (Lipinski definition) is 1. The first-order valence-electron chi connectivity index (χ1n) is 5.37. The van der Waals surface area contributed by atoms with Gasteiger partial charge in [-0.1, -0.05) is 13.8 Å². The molecular weight excluding hydrogens is 288 g/mol. The maximum Gasteiger partial charge on any atom is 0.140 e. The third kappa shape index (κ3) is 3.95. The molecule has 0 aliphatic heterocycles. The van der Waals surface area contributed by atoms with Crippen molar-refractivity contribution in [3.05, 3.63) is 22.3 Å². The fourth-order valence-electron chi connectivity index (χ4n) is 1.33. The zero-order valence-electron chi connectivity index (χ0n) is 9.98.